The third kappa shape index (κ3) is 4.29. The number of anilines is 2. The van der Waals surface area contributed by atoms with Crippen LogP contribution in [0.2, 0.25) is 0 Å². The number of nitrogens with zero attached hydrogens (tertiary/aromatic N) is 2. The van der Waals surface area contributed by atoms with Crippen LogP contribution in [-0.4, -0.2) is 16.5 Å². The van der Waals surface area contributed by atoms with E-state index in [1.807, 2.05) is 24.3 Å². The summed E-state index contributed by atoms with van der Waals surface area (Å²) in [6.07, 6.45) is 1.99. The Labute approximate surface area is 140 Å². The van der Waals surface area contributed by atoms with Gasteiger partial charge in [0.25, 0.3) is 0 Å². The van der Waals surface area contributed by atoms with Crippen molar-refractivity contribution in [2.45, 2.75) is 12.8 Å². The molecule has 0 aliphatic heterocycles. The van der Waals surface area contributed by atoms with Gasteiger partial charge in [-0.3, -0.25) is 0 Å². The van der Waals surface area contributed by atoms with Gasteiger partial charge in [-0.2, -0.15) is 4.98 Å². The number of hydrogen-bond acceptors (Lipinski definition) is 4. The van der Waals surface area contributed by atoms with E-state index in [0.717, 1.165) is 24.9 Å². The maximum atomic E-state index is 13.0. The zero-order valence-corrected chi connectivity index (χ0v) is 13.2. The molecule has 0 atom stereocenters. The Kier molecular flexibility index (Phi) is 5.01. The Balaban J connectivity index is 1.62. The van der Waals surface area contributed by atoms with E-state index in [0.29, 0.717) is 11.5 Å². The zero-order chi connectivity index (χ0) is 16.8. The van der Waals surface area contributed by atoms with Crippen LogP contribution in [0, 0.1) is 5.82 Å². The largest absolute Gasteiger partial charge is 0.370 e. The molecule has 24 heavy (non-hydrogen) atoms. The highest BCUT2D eigenvalue weighted by Gasteiger charge is 2.05. The number of halogens is 1. The second-order valence-electron chi connectivity index (χ2n) is 5.52. The molecule has 0 saturated carbocycles. The molecule has 3 N–H and O–H groups in total. The minimum absolute atomic E-state index is 0.197. The monoisotopic (exact) mass is 322 g/mol. The van der Waals surface area contributed by atoms with Gasteiger partial charge in [0.1, 0.15) is 11.6 Å². The molecule has 0 aliphatic rings. The van der Waals surface area contributed by atoms with Crippen LogP contribution in [0.5, 0.6) is 0 Å². The molecule has 0 unspecified atom stereocenters. The third-order valence-corrected chi connectivity index (χ3v) is 3.67. The Bertz CT molecular complexity index is 788. The van der Waals surface area contributed by atoms with E-state index in [4.69, 9.17) is 5.73 Å². The molecule has 0 bridgehead atoms. The van der Waals surface area contributed by atoms with E-state index in [9.17, 15) is 4.39 Å². The van der Waals surface area contributed by atoms with Crippen molar-refractivity contribution in [3.8, 4) is 11.3 Å². The minimum atomic E-state index is -0.278. The van der Waals surface area contributed by atoms with E-state index in [2.05, 4.69) is 27.4 Å². The third-order valence-electron chi connectivity index (χ3n) is 3.67. The molecule has 5 heteroatoms. The van der Waals surface area contributed by atoms with Gasteiger partial charge in [0, 0.05) is 18.2 Å². The van der Waals surface area contributed by atoms with Crippen LogP contribution >= 0.6 is 0 Å². The van der Waals surface area contributed by atoms with Gasteiger partial charge in [-0.05, 0) is 42.7 Å². The van der Waals surface area contributed by atoms with Gasteiger partial charge < -0.3 is 11.1 Å². The summed E-state index contributed by atoms with van der Waals surface area (Å²) < 4.78 is 13.0. The first-order valence-corrected chi connectivity index (χ1v) is 7.89. The molecule has 0 fully saturated rings. The lowest BCUT2D eigenvalue weighted by molar-refractivity contribution is 0.628. The summed E-state index contributed by atoms with van der Waals surface area (Å²) in [5.74, 6) is 0.595. The Morgan fingerprint density at radius 2 is 1.71 bits per heavy atom. The number of nitrogens with two attached hydrogens (primary N) is 1. The normalized spacial score (nSPS) is 10.5. The number of benzene rings is 2. The van der Waals surface area contributed by atoms with E-state index < -0.39 is 0 Å². The zero-order valence-electron chi connectivity index (χ0n) is 13.2. The Morgan fingerprint density at radius 1 is 0.958 bits per heavy atom. The Hall–Kier alpha value is -2.95. The van der Waals surface area contributed by atoms with Crippen molar-refractivity contribution in [1.82, 2.24) is 9.97 Å². The highest BCUT2D eigenvalue weighted by Crippen LogP contribution is 2.21. The minimum Gasteiger partial charge on any atom is -0.370 e. The van der Waals surface area contributed by atoms with Crippen molar-refractivity contribution in [3.63, 3.8) is 0 Å². The van der Waals surface area contributed by atoms with Crippen LogP contribution in [0.15, 0.2) is 60.7 Å². The van der Waals surface area contributed by atoms with Crippen LogP contribution in [-0.2, 0) is 6.42 Å². The first kappa shape index (κ1) is 15.9. The summed E-state index contributed by atoms with van der Waals surface area (Å²) in [6.45, 7) is 0.786. The van der Waals surface area contributed by atoms with Crippen LogP contribution in [0.1, 0.15) is 12.0 Å². The average Bonchev–Trinajstić information content (AvgIpc) is 2.60. The SMILES string of the molecule is Nc1nc(NCCCc2ccccc2)cc(-c2ccc(F)cc2)n1. The Morgan fingerprint density at radius 3 is 2.46 bits per heavy atom. The molecule has 0 spiro atoms. The van der Waals surface area contributed by atoms with Gasteiger partial charge in [0.15, 0.2) is 0 Å². The predicted molar refractivity (Wildman–Crippen MR) is 95.1 cm³/mol. The van der Waals surface area contributed by atoms with Crippen LogP contribution in [0.4, 0.5) is 16.2 Å². The van der Waals surface area contributed by atoms with Crippen LogP contribution < -0.4 is 11.1 Å². The second-order valence-corrected chi connectivity index (χ2v) is 5.52. The lowest BCUT2D eigenvalue weighted by Gasteiger charge is -2.09. The summed E-state index contributed by atoms with van der Waals surface area (Å²) in [5.41, 5.74) is 8.58. The number of nitrogen functional groups attached to an aromatic ring is 1. The second kappa shape index (κ2) is 7.55. The van der Waals surface area contributed by atoms with Gasteiger partial charge in [-0.25, -0.2) is 9.37 Å². The highest BCUT2D eigenvalue weighted by atomic mass is 19.1. The average molecular weight is 322 g/mol. The van der Waals surface area contributed by atoms with Gasteiger partial charge in [-0.15, -0.1) is 0 Å². The van der Waals surface area contributed by atoms with Crippen molar-refractivity contribution in [2.24, 2.45) is 0 Å². The molecule has 0 aliphatic carbocycles. The molecule has 0 saturated heterocycles. The first-order chi connectivity index (χ1) is 11.7. The summed E-state index contributed by atoms with van der Waals surface area (Å²) in [6, 6.07) is 18.3. The molecular formula is C19H19FN4. The highest BCUT2D eigenvalue weighted by molar-refractivity contribution is 5.63. The van der Waals surface area contributed by atoms with Crippen molar-refractivity contribution < 1.29 is 4.39 Å². The van der Waals surface area contributed by atoms with Gasteiger partial charge in [-0.1, -0.05) is 30.3 Å². The maximum Gasteiger partial charge on any atom is 0.222 e. The van der Waals surface area contributed by atoms with E-state index >= 15 is 0 Å². The van der Waals surface area contributed by atoms with Crippen molar-refractivity contribution >= 4 is 11.8 Å². The standard InChI is InChI=1S/C19H19FN4/c20-16-10-8-15(9-11-16)17-13-18(24-19(21)23-17)22-12-4-7-14-5-2-1-3-6-14/h1-3,5-6,8-11,13H,4,7,12H2,(H3,21,22,23,24). The molecule has 3 rings (SSSR count). The summed E-state index contributed by atoms with van der Waals surface area (Å²) in [5, 5.41) is 3.27. The lowest BCUT2D eigenvalue weighted by Crippen LogP contribution is -2.07. The summed E-state index contributed by atoms with van der Waals surface area (Å²) in [7, 11) is 0. The molecule has 2 aromatic carbocycles. The molecule has 3 aromatic rings. The van der Waals surface area contributed by atoms with E-state index in [1.165, 1.54) is 17.7 Å². The van der Waals surface area contributed by atoms with Gasteiger partial charge in [0.2, 0.25) is 5.95 Å². The lowest BCUT2D eigenvalue weighted by atomic mass is 10.1. The summed E-state index contributed by atoms with van der Waals surface area (Å²) in [4.78, 5) is 8.42. The number of nitrogens with one attached hydrogen (secondary N) is 1. The molecule has 1 aromatic heterocycles. The molecular weight excluding hydrogens is 303 g/mol. The fourth-order valence-corrected chi connectivity index (χ4v) is 2.48. The first-order valence-electron chi connectivity index (χ1n) is 7.89. The predicted octanol–water partition coefficient (Wildman–Crippen LogP) is 3.91. The number of aryl methyl sites for hydroxylation is 1. The van der Waals surface area contributed by atoms with Crippen molar-refractivity contribution in [2.75, 3.05) is 17.6 Å². The fourth-order valence-electron chi connectivity index (χ4n) is 2.48. The van der Waals surface area contributed by atoms with Crippen LogP contribution in [0.3, 0.4) is 0 Å². The van der Waals surface area contributed by atoms with Gasteiger partial charge in [0.05, 0.1) is 5.69 Å². The molecule has 1 heterocycles. The molecule has 122 valence electrons. The van der Waals surface area contributed by atoms with Crippen molar-refractivity contribution in [1.29, 1.82) is 0 Å². The maximum absolute atomic E-state index is 13.0. The quantitative estimate of drug-likeness (QED) is 0.675. The molecule has 0 radical (unpaired) electrons. The van der Waals surface area contributed by atoms with Crippen molar-refractivity contribution in [3.05, 3.63) is 72.0 Å². The van der Waals surface area contributed by atoms with E-state index in [1.54, 1.807) is 12.1 Å². The summed E-state index contributed by atoms with van der Waals surface area (Å²) >= 11 is 0. The number of rotatable bonds is 6. The van der Waals surface area contributed by atoms with Crippen LogP contribution in [0.25, 0.3) is 11.3 Å². The topological polar surface area (TPSA) is 63.8 Å². The van der Waals surface area contributed by atoms with Gasteiger partial charge >= 0.3 is 0 Å². The fraction of sp³-hybridized carbons (Fsp3) is 0.158. The number of hydrogen-bond donors (Lipinski definition) is 2. The number of aromatic nitrogens is 2. The molecule has 4 nitrogen and oxygen atoms in total. The van der Waals surface area contributed by atoms with E-state index in [-0.39, 0.29) is 11.8 Å². The molecule has 0 amide bonds. The smallest absolute Gasteiger partial charge is 0.222 e.